The average Bonchev–Trinajstić information content (AvgIpc) is 3.59. The zero-order valence-corrected chi connectivity index (χ0v) is 36.0. The molecule has 0 radical (unpaired) electrons. The van der Waals surface area contributed by atoms with E-state index in [1.54, 1.807) is 0 Å². The monoisotopic (exact) mass is 815 g/mol. The second-order valence-corrected chi connectivity index (χ2v) is 17.7. The van der Waals surface area contributed by atoms with Gasteiger partial charge < -0.3 is 4.90 Å². The van der Waals surface area contributed by atoms with Crippen LogP contribution in [0.4, 0.5) is 17.1 Å². The molecule has 0 N–H and O–H groups in total. The van der Waals surface area contributed by atoms with Crippen molar-refractivity contribution in [2.24, 2.45) is 0 Å². The van der Waals surface area contributed by atoms with Crippen LogP contribution in [0.1, 0.15) is 25.0 Å². The maximum atomic E-state index is 2.41. The minimum Gasteiger partial charge on any atom is -0.311 e. The van der Waals surface area contributed by atoms with Crippen molar-refractivity contribution in [1.82, 2.24) is 0 Å². The number of hydrogen-bond acceptors (Lipinski definition) is 1. The maximum absolute atomic E-state index is 2.41. The lowest BCUT2D eigenvalue weighted by molar-refractivity contribution is 0.660. The summed E-state index contributed by atoms with van der Waals surface area (Å²) in [5.41, 5.74) is 18.5. The Balaban J connectivity index is 0.892. The van der Waals surface area contributed by atoms with E-state index in [2.05, 4.69) is 255 Å². The van der Waals surface area contributed by atoms with E-state index in [0.29, 0.717) is 0 Å². The molecule has 0 unspecified atom stereocenters. The third-order valence-electron chi connectivity index (χ3n) is 13.7. The Morgan fingerprint density at radius 1 is 0.266 bits per heavy atom. The number of fused-ring (bicyclic) bond motifs is 7. The predicted octanol–water partition coefficient (Wildman–Crippen LogP) is 17.6. The first-order valence-corrected chi connectivity index (χ1v) is 22.3. The molecule has 64 heavy (non-hydrogen) atoms. The summed E-state index contributed by atoms with van der Waals surface area (Å²) in [5.74, 6) is 0. The highest BCUT2D eigenvalue weighted by Crippen LogP contribution is 2.50. The first-order valence-electron chi connectivity index (χ1n) is 22.3. The molecule has 1 aliphatic rings. The van der Waals surface area contributed by atoms with Gasteiger partial charge in [0.25, 0.3) is 0 Å². The summed E-state index contributed by atoms with van der Waals surface area (Å²) in [6.45, 7) is 4.70. The molecule has 11 aromatic carbocycles. The number of anilines is 3. The molecular formula is C63H45N. The lowest BCUT2D eigenvalue weighted by atomic mass is 9.81. The molecule has 1 aliphatic carbocycles. The Morgan fingerprint density at radius 2 is 0.719 bits per heavy atom. The molecule has 11 aromatic rings. The minimum atomic E-state index is -0.0455. The van der Waals surface area contributed by atoms with E-state index in [1.807, 2.05) is 0 Å². The van der Waals surface area contributed by atoms with Crippen molar-refractivity contribution in [2.45, 2.75) is 19.3 Å². The van der Waals surface area contributed by atoms with Gasteiger partial charge >= 0.3 is 0 Å². The van der Waals surface area contributed by atoms with Crippen LogP contribution >= 0.6 is 0 Å². The smallest absolute Gasteiger partial charge is 0.0462 e. The molecule has 1 heteroatoms. The van der Waals surface area contributed by atoms with Crippen LogP contribution < -0.4 is 4.90 Å². The van der Waals surface area contributed by atoms with Gasteiger partial charge in [0.05, 0.1) is 0 Å². The van der Waals surface area contributed by atoms with Crippen LogP contribution in [0.2, 0.25) is 0 Å². The molecule has 0 amide bonds. The molecule has 0 aliphatic heterocycles. The SMILES string of the molecule is CC1(C)c2ccccc2-c2ccc(-c3ccc(N(c4ccc(-c5ccc(-c6ccc7ccccc7c6)cc5)cc4)c4ccc(-c5cccc6c5ccc5ccccc56)cc4)cc3)cc21. The van der Waals surface area contributed by atoms with Crippen molar-refractivity contribution >= 4 is 49.4 Å². The van der Waals surface area contributed by atoms with Crippen LogP contribution in [0.15, 0.2) is 237 Å². The van der Waals surface area contributed by atoms with E-state index in [0.717, 1.165) is 17.1 Å². The maximum Gasteiger partial charge on any atom is 0.0462 e. The number of nitrogens with zero attached hydrogens (tertiary/aromatic N) is 1. The molecular weight excluding hydrogens is 771 g/mol. The van der Waals surface area contributed by atoms with Gasteiger partial charge in [0, 0.05) is 22.5 Å². The standard InChI is InChI=1S/C63H45N/c1-63(2)61-17-8-7-14-59(61)60-39-31-51(41-62(60)63)46-26-34-53(35-27-46)64(54-36-28-48(29-37-54)56-15-9-16-57-55-13-6-5-11-47(55)30-38-58(56)57)52-32-24-44(25-33-52)43-18-20-45(21-19-43)50-23-22-42-10-3-4-12-49(42)40-50/h3-41H,1-2H3. The Labute approximate surface area is 375 Å². The van der Waals surface area contributed by atoms with Gasteiger partial charge in [0.2, 0.25) is 0 Å². The molecule has 0 bridgehead atoms. The summed E-state index contributed by atoms with van der Waals surface area (Å²) < 4.78 is 0. The van der Waals surface area contributed by atoms with Crippen molar-refractivity contribution in [3.8, 4) is 55.6 Å². The Hall–Kier alpha value is -8.00. The van der Waals surface area contributed by atoms with Crippen molar-refractivity contribution < 1.29 is 0 Å². The van der Waals surface area contributed by atoms with Gasteiger partial charge in [-0.05, 0) is 148 Å². The summed E-state index contributed by atoms with van der Waals surface area (Å²) in [4.78, 5) is 2.37. The summed E-state index contributed by atoms with van der Waals surface area (Å²) in [6.07, 6.45) is 0. The summed E-state index contributed by atoms with van der Waals surface area (Å²) in [6, 6.07) is 87.1. The Morgan fingerprint density at radius 3 is 1.41 bits per heavy atom. The largest absolute Gasteiger partial charge is 0.311 e. The number of rotatable bonds is 7. The van der Waals surface area contributed by atoms with Crippen molar-refractivity contribution in [3.05, 3.63) is 248 Å². The van der Waals surface area contributed by atoms with Crippen LogP contribution in [0, 0.1) is 0 Å². The van der Waals surface area contributed by atoms with Gasteiger partial charge in [0.1, 0.15) is 0 Å². The van der Waals surface area contributed by atoms with Crippen LogP contribution in [-0.2, 0) is 5.41 Å². The molecule has 0 aromatic heterocycles. The first kappa shape index (κ1) is 37.7. The van der Waals surface area contributed by atoms with Crippen LogP contribution in [0.5, 0.6) is 0 Å². The summed E-state index contributed by atoms with van der Waals surface area (Å²) in [5, 5.41) is 7.61. The van der Waals surface area contributed by atoms with E-state index in [1.165, 1.54) is 99.1 Å². The lowest BCUT2D eigenvalue weighted by Gasteiger charge is -2.26. The van der Waals surface area contributed by atoms with E-state index < -0.39 is 0 Å². The third kappa shape index (κ3) is 6.40. The second kappa shape index (κ2) is 15.1. The number of hydrogen-bond donors (Lipinski definition) is 0. The van der Waals surface area contributed by atoms with Crippen molar-refractivity contribution in [1.29, 1.82) is 0 Å². The van der Waals surface area contributed by atoms with Gasteiger partial charge in [0.15, 0.2) is 0 Å². The van der Waals surface area contributed by atoms with Crippen LogP contribution in [-0.4, -0.2) is 0 Å². The molecule has 0 heterocycles. The highest BCUT2D eigenvalue weighted by Gasteiger charge is 2.35. The normalized spacial score (nSPS) is 12.7. The summed E-state index contributed by atoms with van der Waals surface area (Å²) >= 11 is 0. The second-order valence-electron chi connectivity index (χ2n) is 17.7. The molecule has 1 nitrogen and oxygen atoms in total. The zero-order chi connectivity index (χ0) is 42.8. The molecule has 0 atom stereocenters. The van der Waals surface area contributed by atoms with Crippen molar-refractivity contribution in [2.75, 3.05) is 4.90 Å². The molecule has 0 saturated carbocycles. The average molecular weight is 816 g/mol. The fourth-order valence-electron chi connectivity index (χ4n) is 10.2. The molecule has 0 spiro atoms. The Kier molecular flexibility index (Phi) is 8.91. The first-order chi connectivity index (χ1) is 31.5. The lowest BCUT2D eigenvalue weighted by Crippen LogP contribution is -2.14. The Bertz CT molecular complexity index is 3540. The van der Waals surface area contributed by atoms with Gasteiger partial charge in [-0.3, -0.25) is 0 Å². The van der Waals surface area contributed by atoms with Crippen LogP contribution in [0.25, 0.3) is 88.0 Å². The fourth-order valence-corrected chi connectivity index (χ4v) is 10.2. The third-order valence-corrected chi connectivity index (χ3v) is 13.7. The van der Waals surface area contributed by atoms with Crippen LogP contribution in [0.3, 0.4) is 0 Å². The quantitative estimate of drug-likeness (QED) is 0.145. The van der Waals surface area contributed by atoms with Gasteiger partial charge in [-0.2, -0.15) is 0 Å². The van der Waals surface area contributed by atoms with Gasteiger partial charge in [-0.25, -0.2) is 0 Å². The highest BCUT2D eigenvalue weighted by molar-refractivity contribution is 6.12. The predicted molar refractivity (Wildman–Crippen MR) is 273 cm³/mol. The zero-order valence-electron chi connectivity index (χ0n) is 36.0. The van der Waals surface area contributed by atoms with Gasteiger partial charge in [-0.1, -0.05) is 202 Å². The van der Waals surface area contributed by atoms with E-state index in [-0.39, 0.29) is 5.41 Å². The van der Waals surface area contributed by atoms with E-state index in [4.69, 9.17) is 0 Å². The van der Waals surface area contributed by atoms with Gasteiger partial charge in [-0.15, -0.1) is 0 Å². The molecule has 0 saturated heterocycles. The topological polar surface area (TPSA) is 3.24 Å². The fraction of sp³-hybridized carbons (Fsp3) is 0.0476. The number of benzene rings is 11. The van der Waals surface area contributed by atoms with E-state index in [9.17, 15) is 0 Å². The molecule has 0 fully saturated rings. The van der Waals surface area contributed by atoms with E-state index >= 15 is 0 Å². The highest BCUT2D eigenvalue weighted by atomic mass is 15.1. The minimum absolute atomic E-state index is 0.0455. The van der Waals surface area contributed by atoms with Crippen molar-refractivity contribution in [3.63, 3.8) is 0 Å². The summed E-state index contributed by atoms with van der Waals surface area (Å²) in [7, 11) is 0. The molecule has 302 valence electrons. The molecule has 12 rings (SSSR count).